The van der Waals surface area contributed by atoms with E-state index in [-0.39, 0.29) is 11.0 Å². The molecule has 1 saturated heterocycles. The molecule has 1 aromatic heterocycles. The van der Waals surface area contributed by atoms with Crippen molar-refractivity contribution in [2.75, 3.05) is 11.5 Å². The van der Waals surface area contributed by atoms with Gasteiger partial charge in [-0.15, -0.1) is 11.8 Å². The lowest BCUT2D eigenvalue weighted by molar-refractivity contribution is 0.0982. The second-order valence-electron chi connectivity index (χ2n) is 4.70. The van der Waals surface area contributed by atoms with E-state index < -0.39 is 0 Å². The van der Waals surface area contributed by atoms with E-state index in [1.807, 2.05) is 48.2 Å². The van der Waals surface area contributed by atoms with Crippen LogP contribution in [0.2, 0.25) is 0 Å². The molecule has 1 aromatic carbocycles. The molecular formula is C15H16N2OS2. The van der Waals surface area contributed by atoms with Crippen molar-refractivity contribution in [3.05, 3.63) is 48.3 Å². The van der Waals surface area contributed by atoms with Crippen molar-refractivity contribution in [2.45, 2.75) is 17.4 Å². The molecule has 1 aliphatic rings. The fraction of sp³-hybridized carbons (Fsp3) is 0.333. The van der Waals surface area contributed by atoms with Crippen LogP contribution in [0, 0.1) is 0 Å². The van der Waals surface area contributed by atoms with Crippen molar-refractivity contribution >= 4 is 29.3 Å². The molecule has 2 unspecified atom stereocenters. The van der Waals surface area contributed by atoms with Gasteiger partial charge in [-0.1, -0.05) is 25.1 Å². The van der Waals surface area contributed by atoms with Crippen molar-refractivity contribution in [2.24, 2.45) is 0 Å². The first kappa shape index (κ1) is 13.8. The first-order valence-electron chi connectivity index (χ1n) is 6.64. The monoisotopic (exact) mass is 304 g/mol. The smallest absolute Gasteiger partial charge is 0.195 e. The fourth-order valence-electron chi connectivity index (χ4n) is 2.33. The molecule has 0 N–H and O–H groups in total. The number of ketones is 1. The van der Waals surface area contributed by atoms with Gasteiger partial charge < -0.3 is 0 Å². The van der Waals surface area contributed by atoms with Crippen LogP contribution in [0.25, 0.3) is 5.69 Å². The number of aromatic nitrogens is 2. The number of rotatable bonds is 3. The summed E-state index contributed by atoms with van der Waals surface area (Å²) < 4.78 is 1.74. The lowest BCUT2D eigenvalue weighted by Crippen LogP contribution is -2.32. The van der Waals surface area contributed by atoms with E-state index in [9.17, 15) is 4.79 Å². The van der Waals surface area contributed by atoms with Gasteiger partial charge in [0.25, 0.3) is 0 Å². The molecule has 2 aromatic rings. The minimum Gasteiger partial charge on any atom is -0.291 e. The van der Waals surface area contributed by atoms with E-state index in [1.165, 1.54) is 0 Å². The zero-order valence-corrected chi connectivity index (χ0v) is 12.9. The third kappa shape index (κ3) is 2.65. The van der Waals surface area contributed by atoms with Crippen LogP contribution in [0.3, 0.4) is 0 Å². The van der Waals surface area contributed by atoms with E-state index in [0.29, 0.717) is 10.9 Å². The molecule has 0 radical (unpaired) electrons. The highest BCUT2D eigenvalue weighted by Crippen LogP contribution is 2.33. The van der Waals surface area contributed by atoms with Crippen molar-refractivity contribution in [3.63, 3.8) is 0 Å². The van der Waals surface area contributed by atoms with Crippen LogP contribution in [0.4, 0.5) is 0 Å². The van der Waals surface area contributed by atoms with Crippen molar-refractivity contribution in [3.8, 4) is 5.69 Å². The molecule has 104 valence electrons. The number of hydrogen-bond donors (Lipinski definition) is 0. The van der Waals surface area contributed by atoms with Gasteiger partial charge >= 0.3 is 0 Å². The zero-order valence-electron chi connectivity index (χ0n) is 11.2. The fourth-order valence-corrected chi connectivity index (χ4v) is 5.04. The van der Waals surface area contributed by atoms with Crippen molar-refractivity contribution in [1.82, 2.24) is 9.78 Å². The summed E-state index contributed by atoms with van der Waals surface area (Å²) in [5.41, 5.74) is 1.62. The van der Waals surface area contributed by atoms with Gasteiger partial charge in [0.05, 0.1) is 17.1 Å². The third-order valence-electron chi connectivity index (χ3n) is 3.34. The minimum atomic E-state index is 0.0351. The van der Waals surface area contributed by atoms with Gasteiger partial charge in [0.15, 0.2) is 5.78 Å². The van der Waals surface area contributed by atoms with E-state index in [0.717, 1.165) is 17.2 Å². The maximum Gasteiger partial charge on any atom is 0.195 e. The molecule has 3 rings (SSSR count). The molecule has 5 heteroatoms. The molecule has 0 spiro atoms. The maximum atomic E-state index is 12.8. The number of para-hydroxylation sites is 1. The van der Waals surface area contributed by atoms with Crippen LogP contribution < -0.4 is 0 Å². The number of carbonyl (C=O) groups excluding carboxylic acids is 1. The number of carbonyl (C=O) groups is 1. The van der Waals surface area contributed by atoms with Crippen LogP contribution in [0.1, 0.15) is 17.4 Å². The Bertz CT molecular complexity index is 597. The maximum absolute atomic E-state index is 12.8. The Morgan fingerprint density at radius 2 is 1.95 bits per heavy atom. The van der Waals surface area contributed by atoms with E-state index >= 15 is 0 Å². The zero-order chi connectivity index (χ0) is 13.9. The van der Waals surface area contributed by atoms with E-state index in [4.69, 9.17) is 0 Å². The summed E-state index contributed by atoms with van der Waals surface area (Å²) in [7, 11) is 0. The molecule has 1 fully saturated rings. The number of benzene rings is 1. The number of Topliss-reactive ketones (excluding diaryl/α,β-unsaturated/α-hetero) is 1. The average molecular weight is 304 g/mol. The highest BCUT2D eigenvalue weighted by Gasteiger charge is 2.31. The summed E-state index contributed by atoms with van der Waals surface area (Å²) in [5.74, 6) is 2.37. The summed E-state index contributed by atoms with van der Waals surface area (Å²) in [6, 6.07) is 11.6. The van der Waals surface area contributed by atoms with Gasteiger partial charge in [0, 0.05) is 16.8 Å². The molecule has 0 bridgehead atoms. The molecule has 0 aliphatic carbocycles. The van der Waals surface area contributed by atoms with Crippen LogP contribution in [-0.4, -0.2) is 37.6 Å². The second kappa shape index (κ2) is 6.06. The molecule has 3 nitrogen and oxygen atoms in total. The topological polar surface area (TPSA) is 34.9 Å². The minimum absolute atomic E-state index is 0.0351. The Hall–Kier alpha value is -1.20. The van der Waals surface area contributed by atoms with Gasteiger partial charge in [-0.05, 0) is 18.2 Å². The molecule has 20 heavy (non-hydrogen) atoms. The number of nitrogens with zero attached hydrogens (tertiary/aromatic N) is 2. The molecule has 2 atom stereocenters. The summed E-state index contributed by atoms with van der Waals surface area (Å²) in [5, 5.41) is 4.70. The molecule has 0 amide bonds. The average Bonchev–Trinajstić information content (AvgIpc) is 2.97. The van der Waals surface area contributed by atoms with Gasteiger partial charge in [0.1, 0.15) is 5.69 Å². The first-order chi connectivity index (χ1) is 9.77. The Balaban J connectivity index is 1.91. The molecule has 0 saturated carbocycles. The van der Waals surface area contributed by atoms with Crippen LogP contribution in [0.15, 0.2) is 42.6 Å². The summed E-state index contributed by atoms with van der Waals surface area (Å²) in [6.45, 7) is 2.14. The number of hydrogen-bond acceptors (Lipinski definition) is 4. The largest absolute Gasteiger partial charge is 0.291 e. The van der Waals surface area contributed by atoms with Crippen LogP contribution >= 0.6 is 23.5 Å². The molecular weight excluding hydrogens is 288 g/mol. The van der Waals surface area contributed by atoms with E-state index in [1.54, 1.807) is 22.6 Å². The Morgan fingerprint density at radius 3 is 2.70 bits per heavy atom. The Morgan fingerprint density at radius 1 is 1.20 bits per heavy atom. The number of thioether (sulfide) groups is 2. The first-order valence-corrected chi connectivity index (χ1v) is 8.74. The van der Waals surface area contributed by atoms with Gasteiger partial charge in [-0.25, -0.2) is 4.68 Å². The van der Waals surface area contributed by atoms with Crippen molar-refractivity contribution < 1.29 is 4.79 Å². The van der Waals surface area contributed by atoms with Crippen molar-refractivity contribution in [1.29, 1.82) is 0 Å². The summed E-state index contributed by atoms with van der Waals surface area (Å²) in [4.78, 5) is 12.8. The van der Waals surface area contributed by atoms with Gasteiger partial charge in [0.2, 0.25) is 0 Å². The quantitative estimate of drug-likeness (QED) is 0.815. The summed E-state index contributed by atoms with van der Waals surface area (Å²) in [6.07, 6.45) is 1.70. The predicted octanol–water partition coefficient (Wildman–Crippen LogP) is 3.29. The standard InChI is InChI=1S/C15H16N2OS2/c1-11-15(20-10-9-19-11)14(18)13-7-8-16-17(13)12-5-3-2-4-6-12/h2-8,11,15H,9-10H2,1H3. The van der Waals surface area contributed by atoms with E-state index in [2.05, 4.69) is 12.0 Å². The summed E-state index contributed by atoms with van der Waals surface area (Å²) >= 11 is 3.65. The third-order valence-corrected chi connectivity index (χ3v) is 6.43. The van der Waals surface area contributed by atoms with Crippen LogP contribution in [0.5, 0.6) is 0 Å². The lowest BCUT2D eigenvalue weighted by Gasteiger charge is -2.26. The second-order valence-corrected chi connectivity index (χ2v) is 7.43. The SMILES string of the molecule is CC1SCCSC1C(=O)c1ccnn1-c1ccccc1. The van der Waals surface area contributed by atoms with Gasteiger partial charge in [-0.2, -0.15) is 16.9 Å². The Kier molecular flexibility index (Phi) is 4.17. The normalized spacial score (nSPS) is 22.6. The lowest BCUT2D eigenvalue weighted by atomic mass is 10.1. The Labute approximate surface area is 127 Å². The predicted molar refractivity (Wildman–Crippen MR) is 86.1 cm³/mol. The highest BCUT2D eigenvalue weighted by atomic mass is 32.2. The van der Waals surface area contributed by atoms with Gasteiger partial charge in [-0.3, -0.25) is 4.79 Å². The highest BCUT2D eigenvalue weighted by molar-refractivity contribution is 8.07. The van der Waals surface area contributed by atoms with Crippen LogP contribution in [-0.2, 0) is 0 Å². The molecule has 1 aliphatic heterocycles. The molecule has 2 heterocycles.